The van der Waals surface area contributed by atoms with Crippen molar-refractivity contribution in [2.45, 2.75) is 13.0 Å². The predicted octanol–water partition coefficient (Wildman–Crippen LogP) is 0.979. The van der Waals surface area contributed by atoms with Crippen LogP contribution in [-0.4, -0.2) is 29.3 Å². The van der Waals surface area contributed by atoms with Crippen molar-refractivity contribution in [2.24, 2.45) is 7.05 Å². The van der Waals surface area contributed by atoms with Crippen LogP contribution in [0.1, 0.15) is 17.2 Å². The van der Waals surface area contributed by atoms with E-state index in [-0.39, 0.29) is 0 Å². The van der Waals surface area contributed by atoms with Crippen molar-refractivity contribution in [3.63, 3.8) is 0 Å². The van der Waals surface area contributed by atoms with Gasteiger partial charge in [0.25, 0.3) is 0 Å². The second-order valence-corrected chi connectivity index (χ2v) is 4.23. The molecule has 0 bridgehead atoms. The SMILES string of the molecule is Cn1ccc(Cn2cnc(Cc3ncc[nH]3)c2)n1. The first-order chi connectivity index (χ1) is 8.79. The Morgan fingerprint density at radius 2 is 2.22 bits per heavy atom. The molecule has 0 fully saturated rings. The lowest BCUT2D eigenvalue weighted by Gasteiger charge is -1.97. The first-order valence-electron chi connectivity index (χ1n) is 5.77. The number of rotatable bonds is 4. The first kappa shape index (κ1) is 10.8. The van der Waals surface area contributed by atoms with Crippen LogP contribution in [0.5, 0.6) is 0 Å². The standard InChI is InChI=1S/C12H14N6/c1-17-5-2-10(16-17)7-18-8-11(15-9-18)6-12-13-3-4-14-12/h2-5,8-9H,6-7H2,1H3,(H,13,14). The van der Waals surface area contributed by atoms with Gasteiger partial charge in [0.1, 0.15) is 5.82 Å². The van der Waals surface area contributed by atoms with Gasteiger partial charge in [-0.15, -0.1) is 0 Å². The van der Waals surface area contributed by atoms with Crippen LogP contribution in [0.25, 0.3) is 0 Å². The van der Waals surface area contributed by atoms with E-state index in [1.807, 2.05) is 42.6 Å². The molecule has 0 radical (unpaired) electrons. The lowest BCUT2D eigenvalue weighted by molar-refractivity contribution is 0.705. The minimum absolute atomic E-state index is 0.724. The highest BCUT2D eigenvalue weighted by molar-refractivity contribution is 5.08. The van der Waals surface area contributed by atoms with Crippen LogP contribution in [0.15, 0.2) is 37.2 Å². The average molecular weight is 242 g/mol. The zero-order valence-electron chi connectivity index (χ0n) is 10.1. The molecule has 0 aliphatic heterocycles. The Hall–Kier alpha value is -2.37. The number of aromatic amines is 1. The molecule has 0 saturated carbocycles. The molecule has 0 saturated heterocycles. The van der Waals surface area contributed by atoms with Gasteiger partial charge >= 0.3 is 0 Å². The Kier molecular flexibility index (Phi) is 2.68. The third-order valence-corrected chi connectivity index (χ3v) is 2.70. The Labute approximate surface area is 104 Å². The number of aromatic nitrogens is 6. The van der Waals surface area contributed by atoms with Crippen LogP contribution in [-0.2, 0) is 20.0 Å². The van der Waals surface area contributed by atoms with E-state index in [9.17, 15) is 0 Å². The van der Waals surface area contributed by atoms with Gasteiger partial charge in [-0.2, -0.15) is 5.10 Å². The van der Waals surface area contributed by atoms with Gasteiger partial charge in [-0.3, -0.25) is 4.68 Å². The van der Waals surface area contributed by atoms with E-state index in [1.54, 1.807) is 10.9 Å². The summed E-state index contributed by atoms with van der Waals surface area (Å²) in [7, 11) is 1.92. The van der Waals surface area contributed by atoms with Crippen molar-refractivity contribution in [2.75, 3.05) is 0 Å². The van der Waals surface area contributed by atoms with E-state index in [2.05, 4.69) is 20.1 Å². The predicted molar refractivity (Wildman–Crippen MR) is 65.9 cm³/mol. The maximum Gasteiger partial charge on any atom is 0.112 e. The molecule has 0 atom stereocenters. The Balaban J connectivity index is 1.69. The van der Waals surface area contributed by atoms with Crippen LogP contribution in [0.2, 0.25) is 0 Å². The number of hydrogen-bond acceptors (Lipinski definition) is 3. The molecule has 6 nitrogen and oxygen atoms in total. The van der Waals surface area contributed by atoms with Gasteiger partial charge in [0.05, 0.1) is 24.3 Å². The quantitative estimate of drug-likeness (QED) is 0.741. The minimum atomic E-state index is 0.724. The highest BCUT2D eigenvalue weighted by atomic mass is 15.3. The van der Waals surface area contributed by atoms with Crippen LogP contribution < -0.4 is 0 Å². The molecule has 0 unspecified atom stereocenters. The molecule has 3 heterocycles. The molecule has 0 aliphatic carbocycles. The topological polar surface area (TPSA) is 64.3 Å². The number of imidazole rings is 2. The first-order valence-corrected chi connectivity index (χ1v) is 5.77. The van der Waals surface area contributed by atoms with Gasteiger partial charge in [-0.25, -0.2) is 9.97 Å². The Morgan fingerprint density at radius 1 is 1.28 bits per heavy atom. The summed E-state index contributed by atoms with van der Waals surface area (Å²) in [6, 6.07) is 2.01. The summed E-state index contributed by atoms with van der Waals surface area (Å²) >= 11 is 0. The number of nitrogens with zero attached hydrogens (tertiary/aromatic N) is 5. The third kappa shape index (κ3) is 2.32. The molecule has 3 aromatic heterocycles. The maximum absolute atomic E-state index is 4.36. The largest absolute Gasteiger partial charge is 0.348 e. The molecule has 0 aliphatic rings. The summed E-state index contributed by atoms with van der Waals surface area (Å²) in [6.45, 7) is 0.742. The molecule has 18 heavy (non-hydrogen) atoms. The summed E-state index contributed by atoms with van der Waals surface area (Å²) < 4.78 is 3.83. The van der Waals surface area contributed by atoms with Gasteiger partial charge in [-0.05, 0) is 6.07 Å². The molecule has 3 rings (SSSR count). The fraction of sp³-hybridized carbons (Fsp3) is 0.250. The normalized spacial score (nSPS) is 10.9. The fourth-order valence-electron chi connectivity index (χ4n) is 1.88. The van der Waals surface area contributed by atoms with Crippen LogP contribution >= 0.6 is 0 Å². The van der Waals surface area contributed by atoms with Crippen molar-refractivity contribution in [3.8, 4) is 0 Å². The van der Waals surface area contributed by atoms with E-state index in [0.29, 0.717) is 0 Å². The Morgan fingerprint density at radius 3 is 2.94 bits per heavy atom. The summed E-state index contributed by atoms with van der Waals surface area (Å²) in [5.41, 5.74) is 2.03. The van der Waals surface area contributed by atoms with Crippen molar-refractivity contribution in [3.05, 3.63) is 54.4 Å². The summed E-state index contributed by atoms with van der Waals surface area (Å²) in [4.78, 5) is 11.6. The van der Waals surface area contributed by atoms with Gasteiger partial charge in [-0.1, -0.05) is 0 Å². The zero-order chi connectivity index (χ0) is 12.4. The van der Waals surface area contributed by atoms with Crippen molar-refractivity contribution in [1.29, 1.82) is 0 Å². The molecule has 92 valence electrons. The molecule has 1 N–H and O–H groups in total. The van der Waals surface area contributed by atoms with Crippen molar-refractivity contribution >= 4 is 0 Å². The molecular weight excluding hydrogens is 228 g/mol. The second-order valence-electron chi connectivity index (χ2n) is 4.23. The van der Waals surface area contributed by atoms with Crippen molar-refractivity contribution in [1.82, 2.24) is 29.3 Å². The Bertz CT molecular complexity index is 619. The molecule has 0 amide bonds. The van der Waals surface area contributed by atoms with Crippen molar-refractivity contribution < 1.29 is 0 Å². The third-order valence-electron chi connectivity index (χ3n) is 2.70. The number of aryl methyl sites for hydroxylation is 1. The summed E-state index contributed by atoms with van der Waals surface area (Å²) in [5.74, 6) is 0.929. The van der Waals surface area contributed by atoms with Gasteiger partial charge < -0.3 is 9.55 Å². The lowest BCUT2D eigenvalue weighted by Crippen LogP contribution is -1.98. The monoisotopic (exact) mass is 242 g/mol. The molecule has 0 aromatic carbocycles. The van der Waals surface area contributed by atoms with Crippen LogP contribution in [0, 0.1) is 0 Å². The summed E-state index contributed by atoms with van der Waals surface area (Å²) in [6.07, 6.45) is 10.1. The zero-order valence-corrected chi connectivity index (χ0v) is 10.1. The van der Waals surface area contributed by atoms with E-state index in [1.165, 1.54) is 0 Å². The van der Waals surface area contributed by atoms with E-state index in [0.717, 1.165) is 30.2 Å². The minimum Gasteiger partial charge on any atom is -0.348 e. The van der Waals surface area contributed by atoms with E-state index >= 15 is 0 Å². The van der Waals surface area contributed by atoms with Gasteiger partial charge in [0.2, 0.25) is 0 Å². The van der Waals surface area contributed by atoms with E-state index in [4.69, 9.17) is 0 Å². The smallest absolute Gasteiger partial charge is 0.112 e. The molecular formula is C12H14N6. The second kappa shape index (κ2) is 4.48. The van der Waals surface area contributed by atoms with E-state index < -0.39 is 0 Å². The molecule has 3 aromatic rings. The van der Waals surface area contributed by atoms with Crippen LogP contribution in [0.4, 0.5) is 0 Å². The van der Waals surface area contributed by atoms with Gasteiger partial charge in [0, 0.05) is 38.3 Å². The number of nitrogens with one attached hydrogen (secondary N) is 1. The lowest BCUT2D eigenvalue weighted by atomic mass is 10.3. The number of hydrogen-bond donors (Lipinski definition) is 1. The highest BCUT2D eigenvalue weighted by Crippen LogP contribution is 2.05. The maximum atomic E-state index is 4.36. The average Bonchev–Trinajstić information content (AvgIpc) is 3.04. The molecule has 6 heteroatoms. The van der Waals surface area contributed by atoms with Gasteiger partial charge in [0.15, 0.2) is 0 Å². The summed E-state index contributed by atoms with van der Waals surface area (Å²) in [5, 5.41) is 4.34. The van der Waals surface area contributed by atoms with Crippen LogP contribution in [0.3, 0.4) is 0 Å². The fourth-order valence-corrected chi connectivity index (χ4v) is 1.88. The number of H-pyrrole nitrogens is 1. The molecule has 0 spiro atoms. The highest BCUT2D eigenvalue weighted by Gasteiger charge is 2.04.